The van der Waals surface area contributed by atoms with Crippen molar-refractivity contribution in [1.29, 1.82) is 0 Å². The van der Waals surface area contributed by atoms with Crippen molar-refractivity contribution < 1.29 is 0 Å². The molecule has 0 radical (unpaired) electrons. The Hall–Kier alpha value is 0.0200. The van der Waals surface area contributed by atoms with Gasteiger partial charge in [-0.1, -0.05) is 32.6 Å². The third-order valence-corrected chi connectivity index (χ3v) is 4.01. The molecule has 0 aromatic carbocycles. The highest BCUT2D eigenvalue weighted by Crippen LogP contribution is 2.30. The summed E-state index contributed by atoms with van der Waals surface area (Å²) in [6, 6.07) is 0. The number of hydrogen-bond acceptors (Lipinski definition) is 2. The topological polar surface area (TPSA) is 12.4 Å². The summed E-state index contributed by atoms with van der Waals surface area (Å²) in [4.78, 5) is 4.65. The highest BCUT2D eigenvalue weighted by atomic mass is 32.2. The Morgan fingerprint density at radius 2 is 2.08 bits per heavy atom. The molecule has 0 N–H and O–H groups in total. The Labute approximate surface area is 86.4 Å². The van der Waals surface area contributed by atoms with E-state index in [4.69, 9.17) is 0 Å². The molecule has 2 atom stereocenters. The summed E-state index contributed by atoms with van der Waals surface area (Å²) in [6.07, 6.45) is 6.74. The van der Waals surface area contributed by atoms with E-state index in [0.29, 0.717) is 10.6 Å². The van der Waals surface area contributed by atoms with Gasteiger partial charge in [-0.05, 0) is 20.3 Å². The molecule has 1 nitrogen and oxygen atoms in total. The lowest BCUT2D eigenvalue weighted by molar-refractivity contribution is 0.626. The second kappa shape index (κ2) is 5.69. The van der Waals surface area contributed by atoms with Crippen LogP contribution in [-0.2, 0) is 0 Å². The first kappa shape index (κ1) is 11.1. The van der Waals surface area contributed by atoms with Gasteiger partial charge in [0.15, 0.2) is 0 Å². The molecule has 2 unspecified atom stereocenters. The van der Waals surface area contributed by atoms with E-state index in [-0.39, 0.29) is 0 Å². The number of aliphatic imine (C=N–C) groups is 1. The average molecular weight is 199 g/mol. The van der Waals surface area contributed by atoms with Crippen LogP contribution in [0.25, 0.3) is 0 Å². The lowest BCUT2D eigenvalue weighted by atomic mass is 10.1. The molecule has 0 bridgehead atoms. The highest BCUT2D eigenvalue weighted by molar-refractivity contribution is 8.01. The zero-order valence-electron chi connectivity index (χ0n) is 9.05. The van der Waals surface area contributed by atoms with Crippen LogP contribution in [0.5, 0.6) is 0 Å². The van der Waals surface area contributed by atoms with Crippen molar-refractivity contribution in [2.75, 3.05) is 0 Å². The van der Waals surface area contributed by atoms with Crippen LogP contribution in [0.4, 0.5) is 0 Å². The number of hydrogen-bond donors (Lipinski definition) is 0. The SMILES string of the molecule is CCCCCCC1N=C(C)C(C)S1. The van der Waals surface area contributed by atoms with Crippen molar-refractivity contribution >= 4 is 17.5 Å². The normalized spacial score (nSPS) is 27.8. The van der Waals surface area contributed by atoms with Gasteiger partial charge in [0.05, 0.1) is 5.37 Å². The molecular weight excluding hydrogens is 178 g/mol. The number of rotatable bonds is 5. The first-order valence-corrected chi connectivity index (χ1v) is 6.38. The predicted molar refractivity (Wildman–Crippen MR) is 62.7 cm³/mol. The molecule has 13 heavy (non-hydrogen) atoms. The van der Waals surface area contributed by atoms with E-state index >= 15 is 0 Å². The summed E-state index contributed by atoms with van der Waals surface area (Å²) in [5.74, 6) is 0. The van der Waals surface area contributed by atoms with E-state index in [1.54, 1.807) is 0 Å². The van der Waals surface area contributed by atoms with Gasteiger partial charge < -0.3 is 0 Å². The third-order valence-electron chi connectivity index (χ3n) is 2.60. The van der Waals surface area contributed by atoms with Gasteiger partial charge in [0.2, 0.25) is 0 Å². The average Bonchev–Trinajstić information content (AvgIpc) is 2.41. The zero-order valence-corrected chi connectivity index (χ0v) is 9.86. The fourth-order valence-electron chi connectivity index (χ4n) is 1.57. The molecule has 0 aromatic rings. The molecule has 0 aliphatic carbocycles. The molecular formula is C11H21NS. The maximum Gasteiger partial charge on any atom is 0.0957 e. The Morgan fingerprint density at radius 3 is 2.62 bits per heavy atom. The first-order chi connectivity index (χ1) is 6.24. The predicted octanol–water partition coefficient (Wildman–Crippen LogP) is 3.88. The van der Waals surface area contributed by atoms with Crippen molar-refractivity contribution in [2.24, 2.45) is 4.99 Å². The maximum atomic E-state index is 4.65. The van der Waals surface area contributed by atoms with Gasteiger partial charge in [-0.15, -0.1) is 11.8 Å². The first-order valence-electron chi connectivity index (χ1n) is 5.43. The minimum atomic E-state index is 0.576. The summed E-state index contributed by atoms with van der Waals surface area (Å²) in [5.41, 5.74) is 1.34. The second-order valence-corrected chi connectivity index (χ2v) is 5.38. The molecule has 0 saturated heterocycles. The van der Waals surface area contributed by atoms with Crippen LogP contribution in [0.1, 0.15) is 52.9 Å². The highest BCUT2D eigenvalue weighted by Gasteiger charge is 2.21. The van der Waals surface area contributed by atoms with E-state index < -0.39 is 0 Å². The van der Waals surface area contributed by atoms with Crippen molar-refractivity contribution in [3.63, 3.8) is 0 Å². The molecule has 0 amide bonds. The molecule has 0 aromatic heterocycles. The molecule has 1 rings (SSSR count). The van der Waals surface area contributed by atoms with Crippen LogP contribution in [-0.4, -0.2) is 16.3 Å². The van der Waals surface area contributed by atoms with Crippen molar-refractivity contribution in [3.05, 3.63) is 0 Å². The van der Waals surface area contributed by atoms with E-state index in [2.05, 4.69) is 25.8 Å². The van der Waals surface area contributed by atoms with Gasteiger partial charge in [0.25, 0.3) is 0 Å². The van der Waals surface area contributed by atoms with Crippen molar-refractivity contribution in [2.45, 2.75) is 63.5 Å². The summed E-state index contributed by atoms with van der Waals surface area (Å²) < 4.78 is 0. The number of unbranched alkanes of at least 4 members (excludes halogenated alkanes) is 3. The Morgan fingerprint density at radius 1 is 1.31 bits per heavy atom. The lowest BCUT2D eigenvalue weighted by Crippen LogP contribution is -2.02. The van der Waals surface area contributed by atoms with Crippen LogP contribution in [0.2, 0.25) is 0 Å². The van der Waals surface area contributed by atoms with Crippen LogP contribution in [0, 0.1) is 0 Å². The van der Waals surface area contributed by atoms with Crippen LogP contribution < -0.4 is 0 Å². The molecule has 0 spiro atoms. The summed E-state index contributed by atoms with van der Waals surface area (Å²) in [7, 11) is 0. The third kappa shape index (κ3) is 3.72. The molecule has 0 saturated carbocycles. The molecule has 0 fully saturated rings. The van der Waals surface area contributed by atoms with Crippen LogP contribution >= 0.6 is 11.8 Å². The van der Waals surface area contributed by atoms with E-state index in [1.165, 1.54) is 37.8 Å². The lowest BCUT2D eigenvalue weighted by Gasteiger charge is -2.06. The minimum absolute atomic E-state index is 0.576. The Kier molecular flexibility index (Phi) is 4.86. The van der Waals surface area contributed by atoms with Gasteiger partial charge in [-0.25, -0.2) is 0 Å². The van der Waals surface area contributed by atoms with Gasteiger partial charge in [-0.3, -0.25) is 4.99 Å². The molecule has 2 heteroatoms. The minimum Gasteiger partial charge on any atom is -0.279 e. The number of thioether (sulfide) groups is 1. The second-order valence-electron chi connectivity index (χ2n) is 3.85. The number of nitrogens with zero attached hydrogens (tertiary/aromatic N) is 1. The summed E-state index contributed by atoms with van der Waals surface area (Å²) in [6.45, 7) is 6.67. The van der Waals surface area contributed by atoms with Gasteiger partial charge >= 0.3 is 0 Å². The maximum absolute atomic E-state index is 4.65. The van der Waals surface area contributed by atoms with Crippen LogP contribution in [0.3, 0.4) is 0 Å². The van der Waals surface area contributed by atoms with Crippen molar-refractivity contribution in [1.82, 2.24) is 0 Å². The van der Waals surface area contributed by atoms with E-state index in [0.717, 1.165) is 0 Å². The standard InChI is InChI=1S/C11H21NS/c1-4-5-6-7-8-11-12-9(2)10(3)13-11/h10-11H,4-8H2,1-3H3. The zero-order chi connectivity index (χ0) is 9.68. The molecule has 1 heterocycles. The quantitative estimate of drug-likeness (QED) is 0.612. The van der Waals surface area contributed by atoms with Crippen molar-refractivity contribution in [3.8, 4) is 0 Å². The molecule has 76 valence electrons. The molecule has 1 aliphatic heterocycles. The van der Waals surface area contributed by atoms with Gasteiger partial charge in [-0.2, -0.15) is 0 Å². The summed E-state index contributed by atoms with van der Waals surface area (Å²) in [5, 5.41) is 1.24. The largest absolute Gasteiger partial charge is 0.279 e. The van der Waals surface area contributed by atoms with E-state index in [1.807, 2.05) is 11.8 Å². The van der Waals surface area contributed by atoms with Crippen LogP contribution in [0.15, 0.2) is 4.99 Å². The fraction of sp³-hybridized carbons (Fsp3) is 0.909. The van der Waals surface area contributed by atoms with Gasteiger partial charge in [0, 0.05) is 11.0 Å². The monoisotopic (exact) mass is 199 g/mol. The smallest absolute Gasteiger partial charge is 0.0957 e. The Bertz CT molecular complexity index is 177. The van der Waals surface area contributed by atoms with E-state index in [9.17, 15) is 0 Å². The Balaban J connectivity index is 2.10. The summed E-state index contributed by atoms with van der Waals surface area (Å²) >= 11 is 2.03. The van der Waals surface area contributed by atoms with Gasteiger partial charge in [0.1, 0.15) is 0 Å². The fourth-order valence-corrected chi connectivity index (χ4v) is 2.83. The molecule has 1 aliphatic rings.